The van der Waals surface area contributed by atoms with Gasteiger partial charge in [0.15, 0.2) is 0 Å². The molecule has 2 aromatic rings. The number of aromatic nitrogens is 2. The number of rotatable bonds is 3. The monoisotopic (exact) mass is 340 g/mol. The molecule has 2 heterocycles. The van der Waals surface area contributed by atoms with E-state index < -0.39 is 5.69 Å². The first-order chi connectivity index (χ1) is 12.1. The predicted octanol–water partition coefficient (Wildman–Crippen LogP) is 0.675. The number of carbonyl (C=O) groups excluding carboxylic acids is 2. The molecular formula is C18H20N4O3. The first-order valence-corrected chi connectivity index (χ1v) is 8.17. The van der Waals surface area contributed by atoms with Gasteiger partial charge in [-0.3, -0.25) is 14.2 Å². The average Bonchev–Trinajstić information content (AvgIpc) is 2.63. The molecule has 1 fully saturated rings. The minimum absolute atomic E-state index is 0.00979. The molecule has 1 aliphatic rings. The van der Waals surface area contributed by atoms with E-state index in [1.165, 1.54) is 10.8 Å². The van der Waals surface area contributed by atoms with E-state index in [0.717, 1.165) is 5.56 Å². The van der Waals surface area contributed by atoms with Gasteiger partial charge in [-0.15, -0.1) is 0 Å². The molecule has 1 aliphatic heterocycles. The summed E-state index contributed by atoms with van der Waals surface area (Å²) in [4.78, 5) is 43.4. The Bertz CT molecular complexity index is 818. The van der Waals surface area contributed by atoms with Crippen LogP contribution in [0, 0.1) is 0 Å². The molecule has 3 rings (SSSR count). The molecule has 0 saturated carbocycles. The van der Waals surface area contributed by atoms with Crippen molar-refractivity contribution in [2.75, 3.05) is 19.6 Å². The molecule has 1 saturated heterocycles. The lowest BCUT2D eigenvalue weighted by Crippen LogP contribution is -2.52. The minimum Gasteiger partial charge on any atom is -0.337 e. The molecule has 1 atom stereocenters. The molecule has 0 bridgehead atoms. The van der Waals surface area contributed by atoms with Crippen LogP contribution < -0.4 is 5.69 Å². The van der Waals surface area contributed by atoms with Crippen molar-refractivity contribution in [2.45, 2.75) is 19.5 Å². The number of hydrogen-bond donors (Lipinski definition) is 0. The fourth-order valence-electron chi connectivity index (χ4n) is 3.10. The second kappa shape index (κ2) is 7.29. The SMILES string of the molecule is CC(=O)N1CCN(C(=O)Cn2cccnc2=O)C[C@H]1c1ccccc1. The van der Waals surface area contributed by atoms with Crippen LogP contribution in [0.1, 0.15) is 18.5 Å². The largest absolute Gasteiger partial charge is 0.347 e. The molecule has 25 heavy (non-hydrogen) atoms. The van der Waals surface area contributed by atoms with E-state index in [2.05, 4.69) is 4.98 Å². The van der Waals surface area contributed by atoms with Gasteiger partial charge in [0.2, 0.25) is 11.8 Å². The molecule has 7 nitrogen and oxygen atoms in total. The van der Waals surface area contributed by atoms with Crippen molar-refractivity contribution in [2.24, 2.45) is 0 Å². The van der Waals surface area contributed by atoms with Crippen LogP contribution in [0.15, 0.2) is 53.6 Å². The summed E-state index contributed by atoms with van der Waals surface area (Å²) in [5, 5.41) is 0. The maximum Gasteiger partial charge on any atom is 0.347 e. The highest BCUT2D eigenvalue weighted by molar-refractivity contribution is 5.77. The Morgan fingerprint density at radius 3 is 2.60 bits per heavy atom. The van der Waals surface area contributed by atoms with Crippen molar-refractivity contribution in [3.8, 4) is 0 Å². The average molecular weight is 340 g/mol. The Hall–Kier alpha value is -2.96. The number of benzene rings is 1. The van der Waals surface area contributed by atoms with E-state index in [1.807, 2.05) is 30.3 Å². The van der Waals surface area contributed by atoms with Crippen LogP contribution in [0.25, 0.3) is 0 Å². The summed E-state index contributed by atoms with van der Waals surface area (Å²) in [6, 6.07) is 11.1. The van der Waals surface area contributed by atoms with Gasteiger partial charge in [0.1, 0.15) is 6.54 Å². The maximum atomic E-state index is 12.6. The van der Waals surface area contributed by atoms with Crippen molar-refractivity contribution >= 4 is 11.8 Å². The molecule has 2 amide bonds. The van der Waals surface area contributed by atoms with Gasteiger partial charge in [0.25, 0.3) is 0 Å². The van der Waals surface area contributed by atoms with Crippen molar-refractivity contribution in [1.29, 1.82) is 0 Å². The lowest BCUT2D eigenvalue weighted by molar-refractivity contribution is -0.142. The summed E-state index contributed by atoms with van der Waals surface area (Å²) in [5.74, 6) is -0.163. The van der Waals surface area contributed by atoms with E-state index in [9.17, 15) is 14.4 Å². The normalized spacial score (nSPS) is 17.4. The first kappa shape index (κ1) is 16.9. The fourth-order valence-corrected chi connectivity index (χ4v) is 3.10. The molecule has 0 radical (unpaired) electrons. The Kier molecular flexibility index (Phi) is 4.92. The third-order valence-electron chi connectivity index (χ3n) is 4.41. The molecule has 0 unspecified atom stereocenters. The molecule has 1 aromatic heterocycles. The van der Waals surface area contributed by atoms with Gasteiger partial charge in [-0.2, -0.15) is 0 Å². The first-order valence-electron chi connectivity index (χ1n) is 8.17. The number of hydrogen-bond acceptors (Lipinski definition) is 4. The fraction of sp³-hybridized carbons (Fsp3) is 0.333. The van der Waals surface area contributed by atoms with Crippen molar-refractivity contribution in [3.05, 3.63) is 64.8 Å². The molecule has 130 valence electrons. The second-order valence-electron chi connectivity index (χ2n) is 6.01. The standard InChI is InChI=1S/C18H20N4O3/c1-14(23)22-11-10-20(12-16(22)15-6-3-2-4-7-15)17(24)13-21-9-5-8-19-18(21)25/h2-9,16H,10-13H2,1H3/t16-/m0/s1. The highest BCUT2D eigenvalue weighted by Crippen LogP contribution is 2.25. The Morgan fingerprint density at radius 2 is 1.92 bits per heavy atom. The van der Waals surface area contributed by atoms with E-state index in [0.29, 0.717) is 19.6 Å². The van der Waals surface area contributed by atoms with E-state index in [-0.39, 0.29) is 24.4 Å². The minimum atomic E-state index is -0.446. The van der Waals surface area contributed by atoms with Gasteiger partial charge < -0.3 is 9.80 Å². The molecule has 0 spiro atoms. The van der Waals surface area contributed by atoms with Crippen molar-refractivity contribution < 1.29 is 9.59 Å². The molecule has 0 aliphatic carbocycles. The van der Waals surface area contributed by atoms with Gasteiger partial charge in [-0.1, -0.05) is 30.3 Å². The van der Waals surface area contributed by atoms with Gasteiger partial charge >= 0.3 is 5.69 Å². The third-order valence-corrected chi connectivity index (χ3v) is 4.41. The third kappa shape index (κ3) is 3.76. The van der Waals surface area contributed by atoms with Gasteiger partial charge in [0, 0.05) is 39.0 Å². The summed E-state index contributed by atoms with van der Waals surface area (Å²) < 4.78 is 1.29. The highest BCUT2D eigenvalue weighted by Gasteiger charge is 2.32. The van der Waals surface area contributed by atoms with Crippen LogP contribution in [-0.2, 0) is 16.1 Å². The lowest BCUT2D eigenvalue weighted by atomic mass is 10.0. The summed E-state index contributed by atoms with van der Waals surface area (Å²) >= 11 is 0. The van der Waals surface area contributed by atoms with Gasteiger partial charge in [0.05, 0.1) is 6.04 Å². The topological polar surface area (TPSA) is 75.5 Å². The summed E-state index contributed by atoms with van der Waals surface area (Å²) in [6.45, 7) is 2.84. The van der Waals surface area contributed by atoms with Crippen molar-refractivity contribution in [1.82, 2.24) is 19.4 Å². The summed E-state index contributed by atoms with van der Waals surface area (Å²) in [6.07, 6.45) is 2.95. The second-order valence-corrected chi connectivity index (χ2v) is 6.01. The molecule has 0 N–H and O–H groups in total. The lowest BCUT2D eigenvalue weighted by Gasteiger charge is -2.41. The van der Waals surface area contributed by atoms with Crippen LogP contribution in [0.3, 0.4) is 0 Å². The maximum absolute atomic E-state index is 12.6. The van der Waals surface area contributed by atoms with Crippen LogP contribution in [0.4, 0.5) is 0 Å². The zero-order valence-corrected chi connectivity index (χ0v) is 14.0. The summed E-state index contributed by atoms with van der Waals surface area (Å²) in [7, 11) is 0. The number of piperazine rings is 1. The van der Waals surface area contributed by atoms with Crippen molar-refractivity contribution in [3.63, 3.8) is 0 Å². The zero-order chi connectivity index (χ0) is 17.8. The highest BCUT2D eigenvalue weighted by atomic mass is 16.2. The van der Waals surface area contributed by atoms with E-state index in [4.69, 9.17) is 0 Å². The van der Waals surface area contributed by atoms with Gasteiger partial charge in [-0.05, 0) is 11.6 Å². The quantitative estimate of drug-likeness (QED) is 0.823. The zero-order valence-electron chi connectivity index (χ0n) is 14.0. The number of nitrogens with zero attached hydrogens (tertiary/aromatic N) is 4. The van der Waals surface area contributed by atoms with E-state index in [1.54, 1.807) is 29.0 Å². The van der Waals surface area contributed by atoms with Crippen LogP contribution in [-0.4, -0.2) is 50.8 Å². The predicted molar refractivity (Wildman–Crippen MR) is 91.6 cm³/mol. The van der Waals surface area contributed by atoms with Crippen LogP contribution in [0.5, 0.6) is 0 Å². The molecule has 1 aromatic carbocycles. The van der Waals surface area contributed by atoms with Crippen LogP contribution in [0.2, 0.25) is 0 Å². The number of amides is 2. The molecule has 7 heteroatoms. The smallest absolute Gasteiger partial charge is 0.337 e. The van der Waals surface area contributed by atoms with Gasteiger partial charge in [-0.25, -0.2) is 9.78 Å². The number of carbonyl (C=O) groups is 2. The Balaban J connectivity index is 1.78. The molecular weight excluding hydrogens is 320 g/mol. The van der Waals surface area contributed by atoms with Crippen LogP contribution >= 0.6 is 0 Å². The summed E-state index contributed by atoms with van der Waals surface area (Å²) in [5.41, 5.74) is 0.548. The Morgan fingerprint density at radius 1 is 1.16 bits per heavy atom. The van der Waals surface area contributed by atoms with E-state index >= 15 is 0 Å². The Labute approximate surface area is 145 Å².